The van der Waals surface area contributed by atoms with E-state index in [2.05, 4.69) is 153 Å². The van der Waals surface area contributed by atoms with Crippen molar-refractivity contribution in [3.05, 3.63) is 165 Å². The summed E-state index contributed by atoms with van der Waals surface area (Å²) in [5.41, 5.74) is 5.46. The van der Waals surface area contributed by atoms with Gasteiger partial charge in [0.1, 0.15) is 0 Å². The Hall–Kier alpha value is -2.57. The van der Waals surface area contributed by atoms with Crippen LogP contribution in [0.5, 0.6) is 0 Å². The van der Waals surface area contributed by atoms with Crippen molar-refractivity contribution in [2.75, 3.05) is 0 Å². The van der Waals surface area contributed by atoms with Crippen LogP contribution in [0.3, 0.4) is 0 Å². The van der Waals surface area contributed by atoms with E-state index in [1.165, 1.54) is 22.3 Å². The first kappa shape index (κ1) is 46.4. The Kier molecular flexibility index (Phi) is 22.5. The fourth-order valence-electron chi connectivity index (χ4n) is 3.65. The molecule has 0 saturated carbocycles. The summed E-state index contributed by atoms with van der Waals surface area (Å²) in [5, 5.41) is 18.1. The Balaban J connectivity index is 0.000000623. The maximum absolute atomic E-state index is 4.53. The van der Waals surface area contributed by atoms with Crippen molar-refractivity contribution in [2.45, 2.75) is 131 Å². The zero-order valence-electron chi connectivity index (χ0n) is 32.7. The van der Waals surface area contributed by atoms with E-state index in [0.29, 0.717) is 0 Å². The molecule has 0 aromatic heterocycles. The van der Waals surface area contributed by atoms with Crippen molar-refractivity contribution in [3.8, 4) is 0 Å². The number of nitrogens with zero attached hydrogens (tertiary/aromatic N) is 4. The first-order valence-electron chi connectivity index (χ1n) is 17.2. The number of benzene rings is 4. The van der Waals surface area contributed by atoms with E-state index in [1.807, 2.05) is 72.8 Å². The van der Waals surface area contributed by atoms with E-state index >= 15 is 0 Å². The molecule has 4 aromatic rings. The Morgan fingerprint density at radius 3 is 0.551 bits per heavy atom. The average Bonchev–Trinajstić information content (AvgIpc) is 3.03. The van der Waals surface area contributed by atoms with Crippen LogP contribution >= 0.6 is 0 Å². The molecule has 0 N–H and O–H groups in total. The summed E-state index contributed by atoms with van der Waals surface area (Å²) in [5.74, 6) is 0. The number of hydrogen-bond donors (Lipinski definition) is 0. The van der Waals surface area contributed by atoms with Gasteiger partial charge in [0.05, 0.1) is 0 Å². The molecule has 4 rings (SSSR count). The molecule has 0 atom stereocenters. The second-order valence-corrected chi connectivity index (χ2v) is 15.9. The summed E-state index contributed by atoms with van der Waals surface area (Å²) >= 11 is 0. The second-order valence-electron chi connectivity index (χ2n) is 15.9. The van der Waals surface area contributed by atoms with Crippen LogP contribution in [0.25, 0.3) is 21.3 Å². The van der Waals surface area contributed by atoms with Gasteiger partial charge in [-0.15, -0.1) is 48.3 Å². The van der Waals surface area contributed by atoms with Gasteiger partial charge in [-0.25, -0.2) is 0 Å². The maximum Gasteiger partial charge on any atom is 4.00 e. The fraction of sp³-hybridized carbons (Fsp3) is 0.455. The van der Waals surface area contributed by atoms with Gasteiger partial charge >= 0.3 is 21.7 Å². The van der Waals surface area contributed by atoms with Crippen LogP contribution in [-0.2, 0) is 47.9 Å². The second kappa shape index (κ2) is 23.8. The normalized spacial score (nSPS) is 11.3. The van der Waals surface area contributed by atoms with Gasteiger partial charge in [-0.05, 0) is 0 Å². The van der Waals surface area contributed by atoms with Gasteiger partial charge in [0.2, 0.25) is 0 Å². The molecule has 49 heavy (non-hydrogen) atoms. The summed E-state index contributed by atoms with van der Waals surface area (Å²) in [4.78, 5) is 0. The van der Waals surface area contributed by atoms with Gasteiger partial charge in [0.25, 0.3) is 0 Å². The SMILES string of the molecule is CC(C)(C)[N-]Cc1ccccc1.CC(C)(C)[N-]Cc1ccccc1.CC(C)(C)[N-]Cc1ccccc1.CC(C)(C)[N-]Cc1ccccc1.[Ti+4]. The van der Waals surface area contributed by atoms with E-state index in [4.69, 9.17) is 0 Å². The molecule has 0 aliphatic heterocycles. The zero-order valence-corrected chi connectivity index (χ0v) is 34.2. The van der Waals surface area contributed by atoms with Crippen molar-refractivity contribution >= 4 is 0 Å². The molecule has 0 spiro atoms. The van der Waals surface area contributed by atoms with Crippen LogP contribution in [0.2, 0.25) is 0 Å². The van der Waals surface area contributed by atoms with Crippen molar-refractivity contribution in [3.63, 3.8) is 0 Å². The Bertz CT molecular complexity index is 1100. The smallest absolute Gasteiger partial charge is 0.654 e. The molecule has 4 aromatic carbocycles. The molecule has 264 valence electrons. The van der Waals surface area contributed by atoms with Gasteiger partial charge in [0, 0.05) is 0 Å². The maximum atomic E-state index is 4.53. The van der Waals surface area contributed by atoms with Crippen LogP contribution in [0, 0.1) is 0 Å². The quantitative estimate of drug-likeness (QED) is 0.165. The van der Waals surface area contributed by atoms with Crippen LogP contribution in [0.1, 0.15) is 105 Å². The van der Waals surface area contributed by atoms with Gasteiger partial charge < -0.3 is 21.3 Å². The molecule has 0 radical (unpaired) electrons. The van der Waals surface area contributed by atoms with E-state index < -0.39 is 0 Å². The molecule has 0 aliphatic rings. The molecular formula is C44H64N4Ti. The minimum absolute atomic E-state index is 0. The summed E-state index contributed by atoms with van der Waals surface area (Å²) in [6, 6.07) is 41.4. The monoisotopic (exact) mass is 696 g/mol. The third kappa shape index (κ3) is 30.0. The standard InChI is InChI=1S/4C11H16N.Ti/c4*1-11(2,3)12-9-10-7-5-4-6-8-10;/h4*4-8H,9H2,1-3H3;/q4*-1;+4. The first-order chi connectivity index (χ1) is 22.3. The topological polar surface area (TPSA) is 56.4 Å². The van der Waals surface area contributed by atoms with Crippen LogP contribution in [0.15, 0.2) is 121 Å². The molecule has 0 unspecified atom stereocenters. The average molecular weight is 697 g/mol. The van der Waals surface area contributed by atoms with Crippen molar-refractivity contribution in [2.24, 2.45) is 0 Å². The third-order valence-corrected chi connectivity index (χ3v) is 6.32. The van der Waals surface area contributed by atoms with Crippen LogP contribution < -0.4 is 0 Å². The molecule has 5 heteroatoms. The minimum atomic E-state index is 0. The van der Waals surface area contributed by atoms with Gasteiger partial charge in [0.15, 0.2) is 0 Å². The summed E-state index contributed by atoms with van der Waals surface area (Å²) in [6.07, 6.45) is 0. The van der Waals surface area contributed by atoms with Crippen LogP contribution in [0.4, 0.5) is 0 Å². The number of hydrogen-bond acceptors (Lipinski definition) is 0. The Morgan fingerprint density at radius 2 is 0.429 bits per heavy atom. The molecule has 0 saturated heterocycles. The van der Waals surface area contributed by atoms with Crippen LogP contribution in [-0.4, -0.2) is 22.2 Å². The predicted molar refractivity (Wildman–Crippen MR) is 213 cm³/mol. The zero-order chi connectivity index (χ0) is 36.1. The largest absolute Gasteiger partial charge is 4.00 e. The predicted octanol–water partition coefficient (Wildman–Crippen LogP) is 13.4. The Morgan fingerprint density at radius 1 is 0.286 bits per heavy atom. The number of rotatable bonds is 8. The third-order valence-electron chi connectivity index (χ3n) is 6.32. The van der Waals surface area contributed by atoms with Crippen molar-refractivity contribution < 1.29 is 21.7 Å². The summed E-state index contributed by atoms with van der Waals surface area (Å²) < 4.78 is 0. The molecule has 0 amide bonds. The Labute approximate surface area is 316 Å². The van der Waals surface area contributed by atoms with E-state index in [9.17, 15) is 0 Å². The fourth-order valence-corrected chi connectivity index (χ4v) is 3.65. The minimum Gasteiger partial charge on any atom is -0.654 e. The van der Waals surface area contributed by atoms with Crippen molar-refractivity contribution in [1.29, 1.82) is 0 Å². The van der Waals surface area contributed by atoms with Gasteiger partial charge in [-0.1, -0.05) is 227 Å². The molecule has 0 heterocycles. The van der Waals surface area contributed by atoms with Gasteiger partial charge in [-0.3, -0.25) is 0 Å². The molecular weight excluding hydrogens is 632 g/mol. The summed E-state index contributed by atoms with van der Waals surface area (Å²) in [6.45, 7) is 28.7. The molecule has 0 fully saturated rings. The van der Waals surface area contributed by atoms with Crippen molar-refractivity contribution in [1.82, 2.24) is 0 Å². The molecule has 4 nitrogen and oxygen atoms in total. The first-order valence-corrected chi connectivity index (χ1v) is 17.2. The van der Waals surface area contributed by atoms with Gasteiger partial charge in [-0.2, -0.15) is 0 Å². The van der Waals surface area contributed by atoms with E-state index in [0.717, 1.165) is 26.2 Å². The molecule has 0 aliphatic carbocycles. The molecule has 0 bridgehead atoms. The van der Waals surface area contributed by atoms with E-state index in [-0.39, 0.29) is 43.9 Å². The summed E-state index contributed by atoms with van der Waals surface area (Å²) in [7, 11) is 0. The van der Waals surface area contributed by atoms with E-state index in [1.54, 1.807) is 0 Å².